The van der Waals surface area contributed by atoms with Crippen LogP contribution in [0.3, 0.4) is 0 Å². The van der Waals surface area contributed by atoms with Gasteiger partial charge in [-0.3, -0.25) is 0 Å². The van der Waals surface area contributed by atoms with Crippen molar-refractivity contribution in [2.24, 2.45) is 0 Å². The molecule has 0 aliphatic rings. The van der Waals surface area contributed by atoms with E-state index in [1.165, 1.54) is 16.7 Å². The average molecular weight is 283 g/mol. The van der Waals surface area contributed by atoms with Crippen LogP contribution < -0.4 is 10.1 Å². The smallest absolute Gasteiger partial charge is 0.119 e. The maximum absolute atomic E-state index is 5.44. The maximum atomic E-state index is 5.44. The number of ether oxygens (including phenoxy) is 1. The molecular formula is C19H25NO. The van der Waals surface area contributed by atoms with Gasteiger partial charge in [-0.25, -0.2) is 0 Å². The molecule has 2 aromatic carbocycles. The van der Waals surface area contributed by atoms with Crippen molar-refractivity contribution in [1.29, 1.82) is 0 Å². The fraction of sp³-hybridized carbons (Fsp3) is 0.368. The first-order chi connectivity index (χ1) is 10.2. The maximum Gasteiger partial charge on any atom is 0.119 e. The lowest BCUT2D eigenvalue weighted by atomic mass is 10.0. The number of benzene rings is 2. The van der Waals surface area contributed by atoms with Gasteiger partial charge in [0, 0.05) is 13.1 Å². The number of nitrogens with one attached hydrogen (secondary N) is 1. The largest absolute Gasteiger partial charge is 0.494 e. The molecule has 0 aliphatic carbocycles. The van der Waals surface area contributed by atoms with Gasteiger partial charge < -0.3 is 10.1 Å². The molecule has 0 heterocycles. The summed E-state index contributed by atoms with van der Waals surface area (Å²) >= 11 is 0. The van der Waals surface area contributed by atoms with Gasteiger partial charge in [-0.2, -0.15) is 0 Å². The summed E-state index contributed by atoms with van der Waals surface area (Å²) in [6.07, 6.45) is 0. The zero-order valence-corrected chi connectivity index (χ0v) is 13.2. The third kappa shape index (κ3) is 4.91. The summed E-state index contributed by atoms with van der Waals surface area (Å²) in [5.74, 6) is 1.53. The summed E-state index contributed by atoms with van der Waals surface area (Å²) in [6, 6.07) is 17.1. The van der Waals surface area contributed by atoms with Gasteiger partial charge in [-0.1, -0.05) is 50.2 Å². The van der Waals surface area contributed by atoms with Crippen molar-refractivity contribution in [3.8, 4) is 5.75 Å². The molecule has 2 heteroatoms. The molecule has 0 aliphatic heterocycles. The summed E-state index contributed by atoms with van der Waals surface area (Å²) in [4.78, 5) is 0. The second-order valence-electron chi connectivity index (χ2n) is 5.58. The molecule has 2 aromatic rings. The van der Waals surface area contributed by atoms with Gasteiger partial charge >= 0.3 is 0 Å². The highest BCUT2D eigenvalue weighted by atomic mass is 16.5. The van der Waals surface area contributed by atoms with E-state index in [2.05, 4.69) is 55.6 Å². The van der Waals surface area contributed by atoms with E-state index in [1.807, 2.05) is 19.1 Å². The van der Waals surface area contributed by atoms with Crippen LogP contribution in [0.25, 0.3) is 0 Å². The molecule has 0 saturated heterocycles. The highest BCUT2D eigenvalue weighted by Gasteiger charge is 1.99. The molecule has 0 aromatic heterocycles. The van der Waals surface area contributed by atoms with E-state index < -0.39 is 0 Å². The normalized spacial score (nSPS) is 10.9. The monoisotopic (exact) mass is 283 g/mol. The standard InChI is InChI=1S/C19H25NO/c1-4-21-19-11-7-17(8-12-19)14-20-13-16-5-9-18(10-6-16)15(2)3/h5-12,15,20H,4,13-14H2,1-3H3. The SMILES string of the molecule is CCOc1ccc(CNCc2ccc(C(C)C)cc2)cc1. The molecule has 0 amide bonds. The van der Waals surface area contributed by atoms with Crippen LogP contribution in [-0.4, -0.2) is 6.61 Å². The van der Waals surface area contributed by atoms with Gasteiger partial charge in [0.2, 0.25) is 0 Å². The van der Waals surface area contributed by atoms with Gasteiger partial charge in [0.05, 0.1) is 6.61 Å². The molecule has 0 spiro atoms. The minimum atomic E-state index is 0.593. The quantitative estimate of drug-likeness (QED) is 0.808. The second-order valence-corrected chi connectivity index (χ2v) is 5.58. The third-order valence-corrected chi connectivity index (χ3v) is 3.54. The summed E-state index contributed by atoms with van der Waals surface area (Å²) < 4.78 is 5.44. The predicted octanol–water partition coefficient (Wildman–Crippen LogP) is 4.50. The van der Waals surface area contributed by atoms with E-state index in [-0.39, 0.29) is 0 Å². The molecule has 0 atom stereocenters. The van der Waals surface area contributed by atoms with E-state index >= 15 is 0 Å². The van der Waals surface area contributed by atoms with Gasteiger partial charge in [0.1, 0.15) is 5.75 Å². The van der Waals surface area contributed by atoms with Gasteiger partial charge in [-0.05, 0) is 41.7 Å². The summed E-state index contributed by atoms with van der Waals surface area (Å²) in [5.41, 5.74) is 3.99. The van der Waals surface area contributed by atoms with Crippen molar-refractivity contribution in [2.75, 3.05) is 6.61 Å². The second kappa shape index (κ2) is 7.84. The Hall–Kier alpha value is -1.80. The van der Waals surface area contributed by atoms with E-state index in [1.54, 1.807) is 0 Å². The lowest BCUT2D eigenvalue weighted by Crippen LogP contribution is -2.12. The van der Waals surface area contributed by atoms with Crippen LogP contribution in [0.5, 0.6) is 5.75 Å². The topological polar surface area (TPSA) is 21.3 Å². The van der Waals surface area contributed by atoms with Crippen LogP contribution in [0.2, 0.25) is 0 Å². The van der Waals surface area contributed by atoms with E-state index in [4.69, 9.17) is 4.74 Å². The molecule has 0 unspecified atom stereocenters. The van der Waals surface area contributed by atoms with E-state index in [0.717, 1.165) is 18.8 Å². The molecule has 112 valence electrons. The zero-order chi connectivity index (χ0) is 15.1. The van der Waals surface area contributed by atoms with Crippen molar-refractivity contribution in [2.45, 2.75) is 39.8 Å². The van der Waals surface area contributed by atoms with Crippen LogP contribution in [0.4, 0.5) is 0 Å². The number of hydrogen-bond acceptors (Lipinski definition) is 2. The minimum Gasteiger partial charge on any atom is -0.494 e. The minimum absolute atomic E-state index is 0.593. The fourth-order valence-corrected chi connectivity index (χ4v) is 2.24. The van der Waals surface area contributed by atoms with Gasteiger partial charge in [0.15, 0.2) is 0 Å². The Morgan fingerprint density at radius 1 is 0.857 bits per heavy atom. The molecule has 2 rings (SSSR count). The molecule has 2 nitrogen and oxygen atoms in total. The van der Waals surface area contributed by atoms with Crippen molar-refractivity contribution in [1.82, 2.24) is 5.32 Å². The van der Waals surface area contributed by atoms with E-state index in [0.29, 0.717) is 12.5 Å². The molecule has 0 fully saturated rings. The molecule has 0 bridgehead atoms. The fourth-order valence-electron chi connectivity index (χ4n) is 2.24. The summed E-state index contributed by atoms with van der Waals surface area (Å²) in [5, 5.41) is 3.48. The lowest BCUT2D eigenvalue weighted by Gasteiger charge is -2.09. The number of hydrogen-bond donors (Lipinski definition) is 1. The first-order valence-corrected chi connectivity index (χ1v) is 7.70. The van der Waals surface area contributed by atoms with Gasteiger partial charge in [-0.15, -0.1) is 0 Å². The van der Waals surface area contributed by atoms with Crippen LogP contribution in [0, 0.1) is 0 Å². The Bertz CT molecular complexity index is 528. The summed E-state index contributed by atoms with van der Waals surface area (Å²) in [7, 11) is 0. The molecular weight excluding hydrogens is 258 g/mol. The molecule has 21 heavy (non-hydrogen) atoms. The first kappa shape index (κ1) is 15.6. The zero-order valence-electron chi connectivity index (χ0n) is 13.2. The highest BCUT2D eigenvalue weighted by Crippen LogP contribution is 2.15. The van der Waals surface area contributed by atoms with E-state index in [9.17, 15) is 0 Å². The van der Waals surface area contributed by atoms with Crippen LogP contribution in [0.1, 0.15) is 43.4 Å². The van der Waals surface area contributed by atoms with Crippen molar-refractivity contribution < 1.29 is 4.74 Å². The van der Waals surface area contributed by atoms with Crippen molar-refractivity contribution in [3.05, 3.63) is 65.2 Å². The predicted molar refractivity (Wildman–Crippen MR) is 88.7 cm³/mol. The van der Waals surface area contributed by atoms with Gasteiger partial charge in [0.25, 0.3) is 0 Å². The Kier molecular flexibility index (Phi) is 5.82. The number of rotatable bonds is 7. The summed E-state index contributed by atoms with van der Waals surface area (Å²) in [6.45, 7) is 8.92. The van der Waals surface area contributed by atoms with Crippen LogP contribution in [0.15, 0.2) is 48.5 Å². The van der Waals surface area contributed by atoms with Crippen LogP contribution in [-0.2, 0) is 13.1 Å². The van der Waals surface area contributed by atoms with Crippen molar-refractivity contribution in [3.63, 3.8) is 0 Å². The average Bonchev–Trinajstić information content (AvgIpc) is 2.50. The Morgan fingerprint density at radius 2 is 1.38 bits per heavy atom. The molecule has 1 N–H and O–H groups in total. The Balaban J connectivity index is 1.80. The Labute approximate surface area is 128 Å². The van der Waals surface area contributed by atoms with Crippen LogP contribution >= 0.6 is 0 Å². The third-order valence-electron chi connectivity index (χ3n) is 3.54. The Morgan fingerprint density at radius 3 is 1.86 bits per heavy atom. The highest BCUT2D eigenvalue weighted by molar-refractivity contribution is 5.27. The van der Waals surface area contributed by atoms with Crippen molar-refractivity contribution >= 4 is 0 Å². The lowest BCUT2D eigenvalue weighted by molar-refractivity contribution is 0.340. The molecule has 0 saturated carbocycles. The molecule has 0 radical (unpaired) electrons. The first-order valence-electron chi connectivity index (χ1n) is 7.70.